The van der Waals surface area contributed by atoms with E-state index in [-0.39, 0.29) is 11.3 Å². The molecule has 1 heterocycles. The molecule has 1 nitrogen and oxygen atoms in total. The molecule has 5 heteroatoms. The molecule has 16 heavy (non-hydrogen) atoms. The highest BCUT2D eigenvalue weighted by molar-refractivity contribution is 6.21. The zero-order valence-corrected chi connectivity index (χ0v) is 9.81. The molecule has 2 unspecified atom stereocenters. The van der Waals surface area contributed by atoms with Gasteiger partial charge in [0, 0.05) is 17.0 Å². The normalized spacial score (nSPS) is 15.9. The molecule has 0 saturated carbocycles. The molecular formula is C11H13ClF3N. The first-order valence-corrected chi connectivity index (χ1v) is 5.48. The minimum atomic E-state index is -4.40. The molecule has 2 atom stereocenters. The van der Waals surface area contributed by atoms with E-state index in [4.69, 9.17) is 11.6 Å². The second kappa shape index (κ2) is 5.04. The quantitative estimate of drug-likeness (QED) is 0.733. The van der Waals surface area contributed by atoms with Gasteiger partial charge in [0.25, 0.3) is 0 Å². The van der Waals surface area contributed by atoms with Gasteiger partial charge in [0.05, 0.1) is 0 Å². The summed E-state index contributed by atoms with van der Waals surface area (Å²) in [5.41, 5.74) is -0.478. The summed E-state index contributed by atoms with van der Waals surface area (Å²) in [5.74, 6) is -0.186. The maximum atomic E-state index is 12.4. The molecule has 0 radical (unpaired) electrons. The first kappa shape index (κ1) is 13.3. The largest absolute Gasteiger partial charge is 0.433 e. The van der Waals surface area contributed by atoms with Crippen LogP contribution in [0.2, 0.25) is 0 Å². The van der Waals surface area contributed by atoms with Crippen molar-refractivity contribution in [3.05, 3.63) is 29.6 Å². The highest BCUT2D eigenvalue weighted by Crippen LogP contribution is 2.30. The summed E-state index contributed by atoms with van der Waals surface area (Å²) < 4.78 is 37.3. The third kappa shape index (κ3) is 3.11. The SMILES string of the molecule is CCC(Cl)C(C)c1cccc(C(F)(F)F)n1. The Morgan fingerprint density at radius 2 is 2.00 bits per heavy atom. The average Bonchev–Trinajstić information content (AvgIpc) is 2.26. The third-order valence-electron chi connectivity index (χ3n) is 2.46. The summed E-state index contributed by atoms with van der Waals surface area (Å²) in [5, 5.41) is -0.198. The van der Waals surface area contributed by atoms with E-state index in [1.807, 2.05) is 6.92 Å². The van der Waals surface area contributed by atoms with Gasteiger partial charge in [0.1, 0.15) is 5.69 Å². The third-order valence-corrected chi connectivity index (χ3v) is 3.15. The summed E-state index contributed by atoms with van der Waals surface area (Å²) in [6, 6.07) is 3.90. The van der Waals surface area contributed by atoms with Crippen LogP contribution in [0.15, 0.2) is 18.2 Å². The van der Waals surface area contributed by atoms with E-state index in [1.54, 1.807) is 13.0 Å². The highest BCUT2D eigenvalue weighted by atomic mass is 35.5. The van der Waals surface area contributed by atoms with Crippen LogP contribution in [0.3, 0.4) is 0 Å². The molecule has 0 amide bonds. The van der Waals surface area contributed by atoms with Crippen LogP contribution in [-0.2, 0) is 6.18 Å². The van der Waals surface area contributed by atoms with E-state index in [2.05, 4.69) is 4.98 Å². The standard InChI is InChI=1S/C11H13ClF3N/c1-3-8(12)7(2)9-5-4-6-10(16-9)11(13,14)15/h4-8H,3H2,1-2H3. The van der Waals surface area contributed by atoms with Gasteiger partial charge in [-0.05, 0) is 18.6 Å². The lowest BCUT2D eigenvalue weighted by molar-refractivity contribution is -0.141. The van der Waals surface area contributed by atoms with Crippen LogP contribution in [-0.4, -0.2) is 10.4 Å². The van der Waals surface area contributed by atoms with E-state index in [0.29, 0.717) is 12.1 Å². The molecule has 0 aromatic carbocycles. The van der Waals surface area contributed by atoms with Crippen LogP contribution in [0.4, 0.5) is 13.2 Å². The van der Waals surface area contributed by atoms with Crippen molar-refractivity contribution in [3.63, 3.8) is 0 Å². The summed E-state index contributed by atoms with van der Waals surface area (Å²) in [7, 11) is 0. The molecule has 1 aromatic heterocycles. The number of halogens is 4. The minimum absolute atomic E-state index is 0.186. The molecule has 0 N–H and O–H groups in total. The molecule has 0 bridgehead atoms. The zero-order chi connectivity index (χ0) is 12.3. The van der Waals surface area contributed by atoms with Gasteiger partial charge >= 0.3 is 6.18 Å². The summed E-state index contributed by atoms with van der Waals surface area (Å²) in [6.07, 6.45) is -3.70. The van der Waals surface area contributed by atoms with E-state index >= 15 is 0 Å². The number of nitrogens with zero attached hydrogens (tertiary/aromatic N) is 1. The van der Waals surface area contributed by atoms with Crippen molar-refractivity contribution in [2.24, 2.45) is 0 Å². The molecule has 0 saturated heterocycles. The second-order valence-electron chi connectivity index (χ2n) is 3.66. The molecule has 0 aliphatic rings. The van der Waals surface area contributed by atoms with Gasteiger partial charge in [-0.1, -0.05) is 19.9 Å². The fourth-order valence-corrected chi connectivity index (χ4v) is 1.53. The fraction of sp³-hybridized carbons (Fsp3) is 0.545. The lowest BCUT2D eigenvalue weighted by Crippen LogP contribution is -2.14. The number of aromatic nitrogens is 1. The fourth-order valence-electron chi connectivity index (χ4n) is 1.40. The Balaban J connectivity index is 2.99. The van der Waals surface area contributed by atoms with Crippen LogP contribution < -0.4 is 0 Å². The molecule has 90 valence electrons. The zero-order valence-electron chi connectivity index (χ0n) is 9.05. The van der Waals surface area contributed by atoms with Crippen LogP contribution in [0, 0.1) is 0 Å². The lowest BCUT2D eigenvalue weighted by Gasteiger charge is -2.17. The van der Waals surface area contributed by atoms with E-state index < -0.39 is 11.9 Å². The molecule has 0 aliphatic heterocycles. The number of rotatable bonds is 3. The summed E-state index contributed by atoms with van der Waals surface area (Å²) in [4.78, 5) is 3.60. The Morgan fingerprint density at radius 1 is 1.38 bits per heavy atom. The predicted molar refractivity (Wildman–Crippen MR) is 57.6 cm³/mol. The van der Waals surface area contributed by atoms with Crippen molar-refractivity contribution in [3.8, 4) is 0 Å². The van der Waals surface area contributed by atoms with Crippen molar-refractivity contribution in [2.75, 3.05) is 0 Å². The van der Waals surface area contributed by atoms with Gasteiger partial charge in [-0.15, -0.1) is 11.6 Å². The van der Waals surface area contributed by atoms with E-state index in [9.17, 15) is 13.2 Å². The van der Waals surface area contributed by atoms with Crippen molar-refractivity contribution < 1.29 is 13.2 Å². The van der Waals surface area contributed by atoms with Crippen LogP contribution >= 0.6 is 11.6 Å². The number of hydrogen-bond acceptors (Lipinski definition) is 1. The Kier molecular flexibility index (Phi) is 4.19. The van der Waals surface area contributed by atoms with Gasteiger partial charge in [-0.2, -0.15) is 13.2 Å². The van der Waals surface area contributed by atoms with Gasteiger partial charge in [0.2, 0.25) is 0 Å². The van der Waals surface area contributed by atoms with Crippen molar-refractivity contribution in [1.29, 1.82) is 0 Å². The van der Waals surface area contributed by atoms with Crippen LogP contribution in [0.5, 0.6) is 0 Å². The van der Waals surface area contributed by atoms with Crippen molar-refractivity contribution in [1.82, 2.24) is 4.98 Å². The maximum Gasteiger partial charge on any atom is 0.433 e. The van der Waals surface area contributed by atoms with Gasteiger partial charge in [-0.3, -0.25) is 0 Å². The maximum absolute atomic E-state index is 12.4. The van der Waals surface area contributed by atoms with Crippen molar-refractivity contribution >= 4 is 11.6 Å². The predicted octanol–water partition coefficient (Wildman–Crippen LogP) is 4.22. The monoisotopic (exact) mass is 251 g/mol. The number of hydrogen-bond donors (Lipinski definition) is 0. The van der Waals surface area contributed by atoms with E-state index in [1.165, 1.54) is 6.07 Å². The Hall–Kier alpha value is -0.770. The first-order chi connectivity index (χ1) is 7.36. The summed E-state index contributed by atoms with van der Waals surface area (Å²) in [6.45, 7) is 3.67. The van der Waals surface area contributed by atoms with Crippen molar-refractivity contribution in [2.45, 2.75) is 37.7 Å². The molecule has 1 aromatic rings. The Bertz CT molecular complexity index is 351. The molecule has 0 fully saturated rings. The topological polar surface area (TPSA) is 12.9 Å². The first-order valence-electron chi connectivity index (χ1n) is 5.04. The molecule has 0 aliphatic carbocycles. The van der Waals surface area contributed by atoms with E-state index in [0.717, 1.165) is 6.07 Å². The highest BCUT2D eigenvalue weighted by Gasteiger charge is 2.33. The Morgan fingerprint density at radius 3 is 2.50 bits per heavy atom. The number of alkyl halides is 4. The van der Waals surface area contributed by atoms with Gasteiger partial charge in [-0.25, -0.2) is 4.98 Å². The molecule has 1 rings (SSSR count). The van der Waals surface area contributed by atoms with Crippen LogP contribution in [0.1, 0.15) is 37.6 Å². The second-order valence-corrected chi connectivity index (χ2v) is 4.22. The number of pyridine rings is 1. The van der Waals surface area contributed by atoms with Crippen LogP contribution in [0.25, 0.3) is 0 Å². The minimum Gasteiger partial charge on any atom is -0.248 e. The average molecular weight is 252 g/mol. The van der Waals surface area contributed by atoms with Gasteiger partial charge in [0.15, 0.2) is 0 Å². The Labute approximate surface area is 97.6 Å². The smallest absolute Gasteiger partial charge is 0.248 e. The molecular weight excluding hydrogens is 239 g/mol. The van der Waals surface area contributed by atoms with Gasteiger partial charge < -0.3 is 0 Å². The molecule has 0 spiro atoms. The lowest BCUT2D eigenvalue weighted by atomic mass is 10.0. The summed E-state index contributed by atoms with van der Waals surface area (Å²) >= 11 is 6.00.